The van der Waals surface area contributed by atoms with Crippen molar-refractivity contribution in [3.63, 3.8) is 0 Å². The van der Waals surface area contributed by atoms with E-state index in [-0.39, 0.29) is 22.6 Å². The van der Waals surface area contributed by atoms with E-state index in [1.54, 1.807) is 34.7 Å². The smallest absolute Gasteiger partial charge is 0.407 e. The van der Waals surface area contributed by atoms with Crippen LogP contribution in [0.3, 0.4) is 0 Å². The first kappa shape index (κ1) is 21.0. The molecule has 1 unspecified atom stereocenters. The number of sulfonamides is 1. The third-order valence-electron chi connectivity index (χ3n) is 4.12. The number of hydrogen-bond donors (Lipinski definition) is 1. The zero-order chi connectivity index (χ0) is 19.7. The van der Waals surface area contributed by atoms with Crippen LogP contribution < -0.4 is 5.32 Å². The van der Waals surface area contributed by atoms with Crippen LogP contribution in [0.4, 0.5) is 4.79 Å². The molecule has 1 aliphatic rings. The van der Waals surface area contributed by atoms with Crippen molar-refractivity contribution in [3.05, 3.63) is 10.8 Å². The van der Waals surface area contributed by atoms with Crippen molar-refractivity contribution in [1.29, 1.82) is 0 Å². The third kappa shape index (κ3) is 4.69. The molecule has 10 heteroatoms. The maximum Gasteiger partial charge on any atom is 0.407 e. The summed E-state index contributed by atoms with van der Waals surface area (Å²) < 4.78 is 34.3. The number of alkyl carbamates (subject to hydrolysis) is 1. The van der Waals surface area contributed by atoms with Gasteiger partial charge in [0.15, 0.2) is 0 Å². The van der Waals surface area contributed by atoms with Gasteiger partial charge in [0, 0.05) is 26.2 Å². The fraction of sp³-hybridized carbons (Fsp3) is 0.750. The van der Waals surface area contributed by atoms with Crippen LogP contribution >= 0.6 is 11.6 Å². The summed E-state index contributed by atoms with van der Waals surface area (Å²) in [5, 5.41) is 6.87. The molecular weight excluding hydrogens is 380 g/mol. The van der Waals surface area contributed by atoms with Gasteiger partial charge in [-0.2, -0.15) is 9.40 Å². The Morgan fingerprint density at radius 3 is 2.58 bits per heavy atom. The summed E-state index contributed by atoms with van der Waals surface area (Å²) in [6.45, 7) is 7.51. The number of piperidine rings is 1. The number of carbonyl (C=O) groups is 1. The number of aryl methyl sites for hydroxylation is 2. The van der Waals surface area contributed by atoms with E-state index in [1.165, 1.54) is 8.99 Å². The molecule has 1 aromatic rings. The van der Waals surface area contributed by atoms with Crippen LogP contribution in [0.2, 0.25) is 5.15 Å². The lowest BCUT2D eigenvalue weighted by molar-refractivity contribution is 0.0512. The molecule has 0 aromatic carbocycles. The van der Waals surface area contributed by atoms with E-state index in [0.717, 1.165) is 12.8 Å². The lowest BCUT2D eigenvalue weighted by Gasteiger charge is -2.34. The number of nitrogens with one attached hydrogen (secondary N) is 1. The molecule has 1 atom stereocenters. The summed E-state index contributed by atoms with van der Waals surface area (Å²) in [6, 6.07) is -0.350. The van der Waals surface area contributed by atoms with Crippen molar-refractivity contribution < 1.29 is 17.9 Å². The molecule has 1 amide bonds. The molecule has 1 saturated heterocycles. The number of amides is 1. The first-order valence-electron chi connectivity index (χ1n) is 8.61. The highest BCUT2D eigenvalue weighted by Gasteiger charge is 2.37. The number of aromatic nitrogens is 2. The SMILES string of the molecule is Cc1nn(C)c(Cl)c1S(=O)(=O)N1CCCCC1CNC(=O)OC(C)(C)C. The minimum absolute atomic E-state index is 0.0332. The summed E-state index contributed by atoms with van der Waals surface area (Å²) >= 11 is 6.17. The molecule has 0 saturated carbocycles. The monoisotopic (exact) mass is 406 g/mol. The molecule has 26 heavy (non-hydrogen) atoms. The van der Waals surface area contributed by atoms with Gasteiger partial charge in [0.05, 0.1) is 5.69 Å². The Hall–Kier alpha value is -1.32. The summed E-state index contributed by atoms with van der Waals surface area (Å²) in [6.07, 6.45) is 1.76. The van der Waals surface area contributed by atoms with E-state index < -0.39 is 21.7 Å². The zero-order valence-corrected chi connectivity index (χ0v) is 17.4. The highest BCUT2D eigenvalue weighted by atomic mass is 35.5. The largest absolute Gasteiger partial charge is 0.444 e. The third-order valence-corrected chi connectivity index (χ3v) is 6.77. The maximum atomic E-state index is 13.2. The number of rotatable bonds is 4. The zero-order valence-electron chi connectivity index (χ0n) is 15.9. The predicted molar refractivity (Wildman–Crippen MR) is 98.7 cm³/mol. The van der Waals surface area contributed by atoms with Crippen molar-refractivity contribution in [1.82, 2.24) is 19.4 Å². The van der Waals surface area contributed by atoms with Crippen molar-refractivity contribution in [2.24, 2.45) is 7.05 Å². The Labute approximate surface area is 159 Å². The Morgan fingerprint density at radius 1 is 1.38 bits per heavy atom. The second-order valence-corrected chi connectivity index (χ2v) is 9.66. The molecule has 2 heterocycles. The van der Waals surface area contributed by atoms with E-state index in [9.17, 15) is 13.2 Å². The highest BCUT2D eigenvalue weighted by Crippen LogP contribution is 2.31. The molecule has 0 bridgehead atoms. The van der Waals surface area contributed by atoms with Crippen molar-refractivity contribution in [3.8, 4) is 0 Å². The maximum absolute atomic E-state index is 13.2. The van der Waals surface area contributed by atoms with Gasteiger partial charge in [0.2, 0.25) is 10.0 Å². The Kier molecular flexibility index (Phi) is 6.24. The molecule has 0 radical (unpaired) electrons. The fourth-order valence-electron chi connectivity index (χ4n) is 3.03. The van der Waals surface area contributed by atoms with Crippen LogP contribution in [-0.4, -0.2) is 53.3 Å². The van der Waals surface area contributed by atoms with Crippen molar-refractivity contribution >= 4 is 27.7 Å². The van der Waals surface area contributed by atoms with Gasteiger partial charge in [-0.25, -0.2) is 13.2 Å². The minimum atomic E-state index is -3.81. The molecule has 0 aliphatic carbocycles. The van der Waals surface area contributed by atoms with Gasteiger partial charge in [0.25, 0.3) is 0 Å². The van der Waals surface area contributed by atoms with Gasteiger partial charge >= 0.3 is 6.09 Å². The van der Waals surface area contributed by atoms with Gasteiger partial charge in [0.1, 0.15) is 15.6 Å². The Morgan fingerprint density at radius 2 is 2.04 bits per heavy atom. The second kappa shape index (κ2) is 7.74. The van der Waals surface area contributed by atoms with Crippen LogP contribution in [0.15, 0.2) is 4.90 Å². The lowest BCUT2D eigenvalue weighted by atomic mass is 10.1. The molecule has 148 valence electrons. The standard InChI is InChI=1S/C16H27ClN4O4S/c1-11-13(14(17)20(5)19-11)26(23,24)21-9-7-6-8-12(21)10-18-15(22)25-16(2,3)4/h12H,6-10H2,1-5H3,(H,18,22). The number of carbonyl (C=O) groups excluding carboxylic acids is 1. The fourth-order valence-corrected chi connectivity index (χ4v) is 5.43. The normalized spacial score (nSPS) is 19.4. The van der Waals surface area contributed by atoms with Gasteiger partial charge in [-0.1, -0.05) is 18.0 Å². The summed E-state index contributed by atoms with van der Waals surface area (Å²) in [5.74, 6) is 0. The van der Waals surface area contributed by atoms with E-state index in [1.807, 2.05) is 0 Å². The van der Waals surface area contributed by atoms with E-state index in [2.05, 4.69) is 10.4 Å². The number of halogens is 1. The first-order valence-corrected chi connectivity index (χ1v) is 10.4. The Balaban J connectivity index is 2.19. The summed E-state index contributed by atoms with van der Waals surface area (Å²) in [4.78, 5) is 11.9. The van der Waals surface area contributed by atoms with Crippen molar-refractivity contribution in [2.75, 3.05) is 13.1 Å². The highest BCUT2D eigenvalue weighted by molar-refractivity contribution is 7.89. The minimum Gasteiger partial charge on any atom is -0.444 e. The second-order valence-electron chi connectivity index (χ2n) is 7.48. The first-order chi connectivity index (χ1) is 11.9. The molecule has 2 rings (SSSR count). The van der Waals surface area contributed by atoms with Crippen LogP contribution in [0.5, 0.6) is 0 Å². The molecule has 8 nitrogen and oxygen atoms in total. The quantitative estimate of drug-likeness (QED) is 0.828. The van der Waals surface area contributed by atoms with Gasteiger partial charge < -0.3 is 10.1 Å². The van der Waals surface area contributed by atoms with Crippen LogP contribution in [0.25, 0.3) is 0 Å². The van der Waals surface area contributed by atoms with Crippen LogP contribution in [0.1, 0.15) is 45.7 Å². The van der Waals surface area contributed by atoms with Gasteiger partial charge in [-0.05, 0) is 40.5 Å². The van der Waals surface area contributed by atoms with Crippen LogP contribution in [-0.2, 0) is 21.8 Å². The average Bonchev–Trinajstić information content (AvgIpc) is 2.77. The molecule has 1 N–H and O–H groups in total. The summed E-state index contributed by atoms with van der Waals surface area (Å²) in [5.41, 5.74) is -0.245. The molecule has 1 aromatic heterocycles. The lowest BCUT2D eigenvalue weighted by Crippen LogP contribution is -2.50. The van der Waals surface area contributed by atoms with Gasteiger partial charge in [-0.3, -0.25) is 4.68 Å². The number of hydrogen-bond acceptors (Lipinski definition) is 5. The molecule has 1 aliphatic heterocycles. The van der Waals surface area contributed by atoms with E-state index in [4.69, 9.17) is 16.3 Å². The molecular formula is C16H27ClN4O4S. The van der Waals surface area contributed by atoms with Gasteiger partial charge in [-0.15, -0.1) is 0 Å². The molecule has 1 fully saturated rings. The van der Waals surface area contributed by atoms with Crippen molar-refractivity contribution in [2.45, 2.75) is 63.5 Å². The number of ether oxygens (including phenoxy) is 1. The van der Waals surface area contributed by atoms with Crippen LogP contribution in [0, 0.1) is 6.92 Å². The summed E-state index contributed by atoms with van der Waals surface area (Å²) in [7, 11) is -2.21. The van der Waals surface area contributed by atoms with E-state index >= 15 is 0 Å². The predicted octanol–water partition coefficient (Wildman–Crippen LogP) is 2.45. The average molecular weight is 407 g/mol. The number of nitrogens with zero attached hydrogens (tertiary/aromatic N) is 3. The topological polar surface area (TPSA) is 93.5 Å². The van der Waals surface area contributed by atoms with E-state index in [0.29, 0.717) is 18.7 Å². The molecule has 0 spiro atoms. The Bertz CT molecular complexity index is 770.